The molecule has 2 unspecified atom stereocenters. The van der Waals surface area contributed by atoms with E-state index < -0.39 is 0 Å². The summed E-state index contributed by atoms with van der Waals surface area (Å²) in [5, 5.41) is 6.84. The third-order valence-corrected chi connectivity index (χ3v) is 5.98. The first-order valence-corrected chi connectivity index (χ1v) is 11.9. The molecule has 31 heavy (non-hydrogen) atoms. The second kappa shape index (κ2) is 13.6. The van der Waals surface area contributed by atoms with E-state index in [2.05, 4.69) is 34.6 Å². The Hall–Kier alpha value is -1.83. The first-order chi connectivity index (χ1) is 15.3. The summed E-state index contributed by atoms with van der Waals surface area (Å²) in [6.45, 7) is 10.0. The van der Waals surface area contributed by atoms with Crippen molar-refractivity contribution in [2.24, 2.45) is 10.9 Å². The number of nitrogens with zero attached hydrogens (tertiary/aromatic N) is 2. The van der Waals surface area contributed by atoms with Gasteiger partial charge in [-0.25, -0.2) is 0 Å². The van der Waals surface area contributed by atoms with Crippen molar-refractivity contribution in [1.82, 2.24) is 15.5 Å². The van der Waals surface area contributed by atoms with Crippen LogP contribution in [0.15, 0.2) is 29.3 Å². The van der Waals surface area contributed by atoms with Gasteiger partial charge in [-0.05, 0) is 51.8 Å². The highest BCUT2D eigenvalue weighted by atomic mass is 16.5. The van der Waals surface area contributed by atoms with E-state index in [0.717, 1.165) is 77.2 Å². The quantitative estimate of drug-likeness (QED) is 0.301. The number of guanidine groups is 1. The minimum atomic E-state index is 0.228. The van der Waals surface area contributed by atoms with Gasteiger partial charge in [0.2, 0.25) is 0 Å². The summed E-state index contributed by atoms with van der Waals surface area (Å²) in [7, 11) is 1.75. The van der Waals surface area contributed by atoms with E-state index in [1.165, 1.54) is 18.4 Å². The topological polar surface area (TPSA) is 67.4 Å². The number of methoxy groups -OCH3 is 1. The Morgan fingerprint density at radius 2 is 2.10 bits per heavy atom. The molecule has 0 saturated carbocycles. The van der Waals surface area contributed by atoms with E-state index in [1.54, 1.807) is 7.11 Å². The predicted molar refractivity (Wildman–Crippen MR) is 125 cm³/mol. The Morgan fingerprint density at radius 3 is 2.84 bits per heavy atom. The zero-order valence-electron chi connectivity index (χ0n) is 19.3. The minimum absolute atomic E-state index is 0.228. The lowest BCUT2D eigenvalue weighted by Crippen LogP contribution is -2.39. The van der Waals surface area contributed by atoms with E-state index >= 15 is 0 Å². The Bertz CT molecular complexity index is 658. The van der Waals surface area contributed by atoms with E-state index in [0.29, 0.717) is 12.5 Å². The van der Waals surface area contributed by atoms with Crippen LogP contribution < -0.4 is 15.4 Å². The maximum atomic E-state index is 5.81. The number of aliphatic imine (C=N–C) groups is 1. The first kappa shape index (κ1) is 23.8. The van der Waals surface area contributed by atoms with Gasteiger partial charge in [-0.3, -0.25) is 9.89 Å². The number of benzene rings is 1. The minimum Gasteiger partial charge on any atom is -0.496 e. The van der Waals surface area contributed by atoms with Gasteiger partial charge in [-0.15, -0.1) is 0 Å². The molecule has 0 radical (unpaired) electrons. The summed E-state index contributed by atoms with van der Waals surface area (Å²) in [4.78, 5) is 7.46. The van der Waals surface area contributed by atoms with Gasteiger partial charge in [-0.1, -0.05) is 18.2 Å². The molecule has 2 aliphatic heterocycles. The Labute approximate surface area is 187 Å². The van der Waals surface area contributed by atoms with Gasteiger partial charge in [0, 0.05) is 37.8 Å². The van der Waals surface area contributed by atoms with Crippen LogP contribution in [0, 0.1) is 5.92 Å². The second-order valence-electron chi connectivity index (χ2n) is 8.31. The van der Waals surface area contributed by atoms with Crippen LogP contribution in [-0.2, 0) is 9.47 Å². The molecule has 174 valence electrons. The van der Waals surface area contributed by atoms with Crippen LogP contribution in [0.1, 0.15) is 44.2 Å². The van der Waals surface area contributed by atoms with E-state index in [4.69, 9.17) is 19.2 Å². The average Bonchev–Trinajstić information content (AvgIpc) is 3.51. The van der Waals surface area contributed by atoms with Crippen LogP contribution in [0.3, 0.4) is 0 Å². The number of likely N-dealkylation sites (tertiary alicyclic amines) is 1. The number of hydrogen-bond donors (Lipinski definition) is 2. The Balaban J connectivity index is 1.51. The van der Waals surface area contributed by atoms with Crippen LogP contribution in [0.25, 0.3) is 0 Å². The molecule has 0 aromatic heterocycles. The zero-order valence-corrected chi connectivity index (χ0v) is 19.3. The van der Waals surface area contributed by atoms with Crippen LogP contribution in [0.5, 0.6) is 5.75 Å². The van der Waals surface area contributed by atoms with E-state index in [1.807, 2.05) is 12.1 Å². The van der Waals surface area contributed by atoms with Crippen LogP contribution >= 0.6 is 0 Å². The Morgan fingerprint density at radius 1 is 1.26 bits per heavy atom. The molecule has 2 N–H and O–H groups in total. The second-order valence-corrected chi connectivity index (χ2v) is 8.31. The lowest BCUT2D eigenvalue weighted by Gasteiger charge is -2.28. The highest BCUT2D eigenvalue weighted by Gasteiger charge is 2.25. The molecule has 2 atom stereocenters. The third-order valence-electron chi connectivity index (χ3n) is 5.98. The van der Waals surface area contributed by atoms with E-state index in [9.17, 15) is 0 Å². The van der Waals surface area contributed by atoms with Crippen LogP contribution in [0.2, 0.25) is 0 Å². The molecule has 3 rings (SSSR count). The van der Waals surface area contributed by atoms with Gasteiger partial charge in [0.15, 0.2) is 5.96 Å². The summed E-state index contributed by atoms with van der Waals surface area (Å²) < 4.78 is 16.9. The van der Waals surface area contributed by atoms with Crippen molar-refractivity contribution in [1.29, 1.82) is 0 Å². The number of nitrogens with one attached hydrogen (secondary N) is 2. The van der Waals surface area contributed by atoms with Crippen LogP contribution in [0.4, 0.5) is 0 Å². The van der Waals surface area contributed by atoms with E-state index in [-0.39, 0.29) is 6.04 Å². The summed E-state index contributed by atoms with van der Waals surface area (Å²) in [5.41, 5.74) is 1.22. The number of rotatable bonds is 12. The molecule has 1 aromatic rings. The summed E-state index contributed by atoms with van der Waals surface area (Å²) in [6.07, 6.45) is 4.58. The highest BCUT2D eigenvalue weighted by Crippen LogP contribution is 2.31. The lowest BCUT2D eigenvalue weighted by atomic mass is 10.0. The summed E-state index contributed by atoms with van der Waals surface area (Å²) in [6, 6.07) is 8.56. The molecule has 7 nitrogen and oxygen atoms in total. The van der Waals surface area contributed by atoms with Gasteiger partial charge in [-0.2, -0.15) is 0 Å². The van der Waals surface area contributed by atoms with Crippen molar-refractivity contribution in [3.8, 4) is 5.75 Å². The van der Waals surface area contributed by atoms with Crippen molar-refractivity contribution in [3.05, 3.63) is 29.8 Å². The Kier molecular flexibility index (Phi) is 10.4. The molecule has 0 aliphatic carbocycles. The van der Waals surface area contributed by atoms with Crippen molar-refractivity contribution in [3.63, 3.8) is 0 Å². The van der Waals surface area contributed by atoms with Crippen molar-refractivity contribution in [2.45, 2.75) is 38.6 Å². The zero-order chi connectivity index (χ0) is 21.7. The fraction of sp³-hybridized carbons (Fsp3) is 0.708. The predicted octanol–water partition coefficient (Wildman–Crippen LogP) is 2.83. The number of ether oxygens (including phenoxy) is 3. The van der Waals surface area contributed by atoms with Gasteiger partial charge < -0.3 is 24.8 Å². The van der Waals surface area contributed by atoms with Crippen molar-refractivity contribution in [2.75, 3.05) is 66.3 Å². The third kappa shape index (κ3) is 7.66. The molecule has 2 saturated heterocycles. The molecule has 0 amide bonds. The molecule has 2 aliphatic rings. The van der Waals surface area contributed by atoms with Gasteiger partial charge in [0.1, 0.15) is 5.75 Å². The van der Waals surface area contributed by atoms with Gasteiger partial charge in [0.25, 0.3) is 0 Å². The monoisotopic (exact) mass is 432 g/mol. The molecule has 0 spiro atoms. The van der Waals surface area contributed by atoms with Crippen molar-refractivity contribution >= 4 is 5.96 Å². The smallest absolute Gasteiger partial charge is 0.191 e. The highest BCUT2D eigenvalue weighted by molar-refractivity contribution is 5.79. The summed E-state index contributed by atoms with van der Waals surface area (Å²) in [5.74, 6) is 2.38. The number of para-hydroxylation sites is 1. The SMILES string of the molecule is CCNC(=NCC(c1ccccc1OC)N1CCCC1)NCCCOCC1CCOC1. The molecular weight excluding hydrogens is 392 g/mol. The van der Waals surface area contributed by atoms with Gasteiger partial charge >= 0.3 is 0 Å². The fourth-order valence-electron chi connectivity index (χ4n) is 4.27. The molecule has 2 fully saturated rings. The summed E-state index contributed by atoms with van der Waals surface area (Å²) >= 11 is 0. The molecule has 2 heterocycles. The molecule has 0 bridgehead atoms. The lowest BCUT2D eigenvalue weighted by molar-refractivity contribution is 0.0888. The van der Waals surface area contributed by atoms with Crippen molar-refractivity contribution < 1.29 is 14.2 Å². The first-order valence-electron chi connectivity index (χ1n) is 11.9. The largest absolute Gasteiger partial charge is 0.496 e. The van der Waals surface area contributed by atoms with Gasteiger partial charge in [0.05, 0.1) is 32.9 Å². The average molecular weight is 433 g/mol. The van der Waals surface area contributed by atoms with Crippen LogP contribution in [-0.4, -0.2) is 77.1 Å². The molecule has 7 heteroatoms. The molecular formula is C24H40N4O3. The standard InChI is InChI=1S/C24H40N4O3/c1-3-25-24(26-12-8-15-30-18-20-11-16-31-19-20)27-17-22(28-13-6-7-14-28)21-9-4-5-10-23(21)29-2/h4-5,9-10,20,22H,3,6-8,11-19H2,1-2H3,(H2,25,26,27). The fourth-order valence-corrected chi connectivity index (χ4v) is 4.27. The maximum absolute atomic E-state index is 5.81. The number of hydrogen-bond acceptors (Lipinski definition) is 5. The maximum Gasteiger partial charge on any atom is 0.191 e. The molecule has 1 aromatic carbocycles. The normalized spacial score (nSPS) is 20.7.